The third-order valence-electron chi connectivity index (χ3n) is 5.91. The minimum Gasteiger partial charge on any atom is -0.494 e. The fourth-order valence-corrected chi connectivity index (χ4v) is 5.94. The van der Waals surface area contributed by atoms with E-state index in [0.717, 1.165) is 21.5 Å². The van der Waals surface area contributed by atoms with Gasteiger partial charge in [0.25, 0.3) is 5.56 Å². The fraction of sp³-hybridized carbons (Fsp3) is 0.192. The Morgan fingerprint density at radius 2 is 1.89 bits per heavy atom. The van der Waals surface area contributed by atoms with Gasteiger partial charge in [0.15, 0.2) is 11.5 Å². The van der Waals surface area contributed by atoms with Crippen molar-refractivity contribution in [2.45, 2.75) is 19.9 Å². The monoisotopic (exact) mass is 542 g/mol. The Hall–Kier alpha value is -3.51. The molecule has 2 aromatic heterocycles. The molecule has 4 aromatic rings. The number of aromatic nitrogens is 1. The van der Waals surface area contributed by atoms with Gasteiger partial charge in [-0.05, 0) is 48.7 Å². The fourth-order valence-electron chi connectivity index (χ4n) is 4.04. The number of hydrogen-bond acceptors (Lipinski definition) is 7. The molecule has 184 valence electrons. The van der Waals surface area contributed by atoms with Crippen molar-refractivity contribution in [3.8, 4) is 23.4 Å². The van der Waals surface area contributed by atoms with Crippen LogP contribution in [0.2, 0.25) is 10.0 Å². The number of thiophene rings is 1. The molecule has 0 saturated carbocycles. The van der Waals surface area contributed by atoms with E-state index < -0.39 is 17.2 Å². The maximum absolute atomic E-state index is 13.6. The Morgan fingerprint density at radius 1 is 1.17 bits per heavy atom. The molecule has 0 unspecified atom stereocenters. The van der Waals surface area contributed by atoms with Gasteiger partial charge in [0.2, 0.25) is 11.7 Å². The molecule has 0 fully saturated rings. The molecule has 0 aliphatic heterocycles. The van der Waals surface area contributed by atoms with E-state index in [-0.39, 0.29) is 33.1 Å². The average molecular weight is 543 g/mol. The molecule has 0 amide bonds. The molecule has 36 heavy (non-hydrogen) atoms. The van der Waals surface area contributed by atoms with Crippen molar-refractivity contribution in [1.82, 2.24) is 4.57 Å². The molecule has 2 heterocycles. The normalized spacial score (nSPS) is 10.9. The molecule has 0 radical (unpaired) electrons. The van der Waals surface area contributed by atoms with Crippen LogP contribution in [0.4, 0.5) is 0 Å². The number of fused-ring (bicyclic) bond motifs is 1. The summed E-state index contributed by atoms with van der Waals surface area (Å²) in [5.41, 5.74) is -0.170. The summed E-state index contributed by atoms with van der Waals surface area (Å²) in [5, 5.41) is 21.9. The van der Waals surface area contributed by atoms with E-state index in [4.69, 9.17) is 32.7 Å². The minimum absolute atomic E-state index is 0.0152. The Bertz CT molecular complexity index is 1620. The molecule has 0 bridgehead atoms. The van der Waals surface area contributed by atoms with Crippen LogP contribution in [0.5, 0.6) is 17.4 Å². The van der Waals surface area contributed by atoms with Crippen LogP contribution in [0.15, 0.2) is 41.2 Å². The van der Waals surface area contributed by atoms with Gasteiger partial charge in [0.05, 0.1) is 34.7 Å². The number of aromatic hydroxyl groups is 1. The maximum atomic E-state index is 13.6. The molecular formula is C26H20Cl2N2O5S. The van der Waals surface area contributed by atoms with Crippen molar-refractivity contribution in [1.29, 1.82) is 5.26 Å². The van der Waals surface area contributed by atoms with Crippen LogP contribution in [0.25, 0.3) is 10.1 Å². The largest absolute Gasteiger partial charge is 0.494 e. The summed E-state index contributed by atoms with van der Waals surface area (Å²) in [5.74, 6) is -0.0519. The molecule has 7 nitrogen and oxygen atoms in total. The van der Waals surface area contributed by atoms with Gasteiger partial charge in [0.1, 0.15) is 11.6 Å². The summed E-state index contributed by atoms with van der Waals surface area (Å²) in [6.07, 6.45) is 0.314. The highest BCUT2D eigenvalue weighted by molar-refractivity contribution is 7.22. The van der Waals surface area contributed by atoms with Gasteiger partial charge >= 0.3 is 0 Å². The molecule has 2 aromatic carbocycles. The van der Waals surface area contributed by atoms with E-state index in [2.05, 4.69) is 0 Å². The lowest BCUT2D eigenvalue weighted by molar-refractivity contribution is 0.103. The molecule has 0 aliphatic carbocycles. The number of hydrogen-bond donors (Lipinski definition) is 1. The minimum atomic E-state index is -0.685. The van der Waals surface area contributed by atoms with Crippen molar-refractivity contribution in [3.05, 3.63) is 83.9 Å². The van der Waals surface area contributed by atoms with Crippen LogP contribution in [0, 0.1) is 18.3 Å². The van der Waals surface area contributed by atoms with Gasteiger partial charge in [0, 0.05) is 16.6 Å². The number of benzene rings is 2. The smallest absolute Gasteiger partial charge is 0.271 e. The van der Waals surface area contributed by atoms with Crippen LogP contribution < -0.4 is 15.0 Å². The van der Waals surface area contributed by atoms with Crippen molar-refractivity contribution >= 4 is 50.4 Å². The number of ether oxygens (including phenoxy) is 2. The van der Waals surface area contributed by atoms with Gasteiger partial charge in [-0.3, -0.25) is 14.2 Å². The molecule has 4 rings (SSSR count). The summed E-state index contributed by atoms with van der Waals surface area (Å²) in [7, 11) is 3.04. The quantitative estimate of drug-likeness (QED) is 0.298. The van der Waals surface area contributed by atoms with Crippen LogP contribution in [0.1, 0.15) is 31.9 Å². The van der Waals surface area contributed by atoms with Crippen molar-refractivity contribution in [3.63, 3.8) is 0 Å². The SMILES string of the molecule is COc1ccc(CCn2c(O)c(C(=O)c3sc4cccc(Cl)c4c3Cl)c(C)c(C#N)c2=O)cc1OC. The molecule has 0 atom stereocenters. The third-order valence-corrected chi connectivity index (χ3v) is 7.87. The van der Waals surface area contributed by atoms with Gasteiger partial charge in [-0.1, -0.05) is 35.3 Å². The first-order valence-electron chi connectivity index (χ1n) is 10.7. The van der Waals surface area contributed by atoms with Crippen LogP contribution in [-0.2, 0) is 13.0 Å². The Balaban J connectivity index is 1.80. The second-order valence-corrected chi connectivity index (χ2v) is 9.73. The number of methoxy groups -OCH3 is 2. The summed E-state index contributed by atoms with van der Waals surface area (Å²) in [6.45, 7) is 1.47. The molecule has 1 N–H and O–H groups in total. The van der Waals surface area contributed by atoms with Gasteiger partial charge < -0.3 is 14.6 Å². The average Bonchev–Trinajstić information content (AvgIpc) is 3.21. The number of carbonyl (C=O) groups excluding carboxylic acids is 1. The van der Waals surface area contributed by atoms with Gasteiger partial charge in [-0.15, -0.1) is 11.3 Å². The number of aryl methyl sites for hydroxylation is 1. The van der Waals surface area contributed by atoms with Gasteiger partial charge in [-0.2, -0.15) is 5.26 Å². The molecular weight excluding hydrogens is 523 g/mol. The Morgan fingerprint density at radius 3 is 2.53 bits per heavy atom. The molecule has 0 spiro atoms. The molecule has 10 heteroatoms. The number of carbonyl (C=O) groups is 1. The van der Waals surface area contributed by atoms with Crippen LogP contribution in [-0.4, -0.2) is 29.7 Å². The molecule has 0 aliphatic rings. The summed E-state index contributed by atoms with van der Waals surface area (Å²) < 4.78 is 12.3. The van der Waals surface area contributed by atoms with E-state index >= 15 is 0 Å². The number of rotatable bonds is 7. The lowest BCUT2D eigenvalue weighted by Gasteiger charge is -2.16. The second kappa shape index (κ2) is 10.2. The topological polar surface area (TPSA) is 102 Å². The predicted octanol–water partition coefficient (Wildman–Crippen LogP) is 5.75. The first kappa shape index (κ1) is 25.6. The third kappa shape index (κ3) is 4.30. The number of ketones is 1. The van der Waals surface area contributed by atoms with Crippen molar-refractivity contribution < 1.29 is 19.4 Å². The first-order valence-corrected chi connectivity index (χ1v) is 12.3. The zero-order chi connectivity index (χ0) is 26.1. The highest BCUT2D eigenvalue weighted by Crippen LogP contribution is 2.41. The Labute approximate surface area is 220 Å². The van der Waals surface area contributed by atoms with E-state index in [1.54, 1.807) is 36.4 Å². The molecule has 0 saturated heterocycles. The predicted molar refractivity (Wildman–Crippen MR) is 140 cm³/mol. The number of halogens is 2. The zero-order valence-electron chi connectivity index (χ0n) is 19.5. The van der Waals surface area contributed by atoms with E-state index in [1.165, 1.54) is 21.1 Å². The summed E-state index contributed by atoms with van der Waals surface area (Å²) >= 11 is 13.9. The van der Waals surface area contributed by atoms with Crippen LogP contribution in [0.3, 0.4) is 0 Å². The number of nitriles is 1. The highest BCUT2D eigenvalue weighted by atomic mass is 35.5. The van der Waals surface area contributed by atoms with Crippen molar-refractivity contribution in [2.24, 2.45) is 0 Å². The van der Waals surface area contributed by atoms with E-state index in [1.807, 2.05) is 6.07 Å². The van der Waals surface area contributed by atoms with Crippen LogP contribution >= 0.6 is 34.5 Å². The summed E-state index contributed by atoms with van der Waals surface area (Å²) in [4.78, 5) is 26.8. The lowest BCUT2D eigenvalue weighted by atomic mass is 10.00. The summed E-state index contributed by atoms with van der Waals surface area (Å²) in [6, 6.07) is 12.4. The van der Waals surface area contributed by atoms with Crippen molar-refractivity contribution in [2.75, 3.05) is 14.2 Å². The highest BCUT2D eigenvalue weighted by Gasteiger charge is 2.28. The first-order chi connectivity index (χ1) is 17.2. The Kier molecular flexibility index (Phi) is 7.27. The van der Waals surface area contributed by atoms with E-state index in [0.29, 0.717) is 33.0 Å². The second-order valence-electron chi connectivity index (χ2n) is 7.89. The van der Waals surface area contributed by atoms with E-state index in [9.17, 15) is 20.0 Å². The number of pyridine rings is 1. The maximum Gasteiger partial charge on any atom is 0.271 e. The number of nitrogens with zero attached hydrogens (tertiary/aromatic N) is 2. The zero-order valence-corrected chi connectivity index (χ0v) is 21.8. The lowest BCUT2D eigenvalue weighted by Crippen LogP contribution is -2.27. The van der Waals surface area contributed by atoms with Gasteiger partial charge in [-0.25, -0.2) is 0 Å². The standard InChI is InChI=1S/C26H20Cl2N2O5S/c1-13-15(12-29)25(32)30(10-9-14-7-8-17(34-2)18(11-14)35-3)26(33)20(13)23(31)24-22(28)21-16(27)5-4-6-19(21)36-24/h4-8,11,33H,9-10H2,1-3H3.